The van der Waals surface area contributed by atoms with Gasteiger partial charge in [0, 0.05) is 53.7 Å². The molecule has 18 nitrogen and oxygen atoms in total. The molecular weight excluding hydrogens is 600 g/mol. The van der Waals surface area contributed by atoms with Crippen LogP contribution in [0.3, 0.4) is 0 Å². The minimum Gasteiger partial charge on any atom is -0.429 e. The van der Waals surface area contributed by atoms with Gasteiger partial charge in [0.2, 0.25) is 17.2 Å². The van der Waals surface area contributed by atoms with Gasteiger partial charge in [-0.15, -0.1) is 0 Å². The minimum atomic E-state index is -1.08. The van der Waals surface area contributed by atoms with Crippen LogP contribution in [0.4, 0.5) is 21.6 Å². The number of nitrogens with one attached hydrogen (secondary N) is 3. The van der Waals surface area contributed by atoms with Crippen molar-refractivity contribution in [3.8, 4) is 18.1 Å². The van der Waals surface area contributed by atoms with Crippen LogP contribution in [0.15, 0.2) is 68.2 Å². The zero-order valence-electron chi connectivity index (χ0n) is 21.4. The predicted molar refractivity (Wildman–Crippen MR) is 140 cm³/mol. The van der Waals surface area contributed by atoms with Gasteiger partial charge in [-0.25, -0.2) is 4.98 Å². The number of nitro groups is 2. The van der Waals surface area contributed by atoms with Crippen LogP contribution in [0.2, 0.25) is 0 Å². The van der Waals surface area contributed by atoms with Crippen LogP contribution in [-0.4, -0.2) is 29.4 Å². The number of hydrogen-bond donors (Lipinski definition) is 3. The summed E-state index contributed by atoms with van der Waals surface area (Å²) in [5.41, 5.74) is -2.58. The molecule has 0 aliphatic carbocycles. The molecule has 0 bridgehead atoms. The van der Waals surface area contributed by atoms with Gasteiger partial charge in [0.05, 0.1) is 27.1 Å². The Kier molecular flexibility index (Phi) is 10.1. The van der Waals surface area contributed by atoms with E-state index in [4.69, 9.17) is 10.5 Å². The van der Waals surface area contributed by atoms with Crippen LogP contribution in [0, 0.1) is 49.0 Å². The smallest absolute Gasteiger partial charge is 0.429 e. The van der Waals surface area contributed by atoms with Gasteiger partial charge < -0.3 is 24.5 Å². The third kappa shape index (κ3) is 7.10. The van der Waals surface area contributed by atoms with Gasteiger partial charge in [-0.05, 0) is 11.6 Å². The Balaban J connectivity index is 0.000000239. The molecule has 3 N–H and O–H groups in total. The Morgan fingerprint density at radius 2 is 1.63 bits per heavy atom. The van der Waals surface area contributed by atoms with Crippen LogP contribution in [0.25, 0.3) is 27.8 Å². The first-order chi connectivity index (χ1) is 20.0. The molecule has 5 rings (SSSR count). The Labute approximate surface area is 277 Å². The number of anilines is 1. The van der Waals surface area contributed by atoms with Crippen molar-refractivity contribution in [2.75, 3.05) is 5.32 Å². The zero-order valence-corrected chi connectivity index (χ0v) is 24.6. The number of pyridine rings is 1. The fraction of sp³-hybridized carbons (Fsp3) is 0. The second kappa shape index (κ2) is 13.5. The van der Waals surface area contributed by atoms with Crippen LogP contribution in [0.1, 0.15) is 0 Å². The number of nitriles is 2. The summed E-state index contributed by atoms with van der Waals surface area (Å²) in [5.74, 6) is -1.39. The van der Waals surface area contributed by atoms with E-state index in [1.165, 1.54) is 47.5 Å². The number of H-pyrrole nitrogens is 2. The number of rotatable bonds is 4. The Hall–Kier alpha value is -5.38. The summed E-state index contributed by atoms with van der Waals surface area (Å²) in [7, 11) is 0. The molecule has 0 saturated heterocycles. The van der Waals surface area contributed by atoms with Gasteiger partial charge in [-0.3, -0.25) is 39.9 Å². The maximum Gasteiger partial charge on any atom is 1.00 e. The second-order valence-corrected chi connectivity index (χ2v) is 7.89. The number of nitro benzene ring substituents is 2. The van der Waals surface area contributed by atoms with Crippen LogP contribution < -0.4 is 83.7 Å². The summed E-state index contributed by atoms with van der Waals surface area (Å²) in [4.78, 5) is 70.3. The summed E-state index contributed by atoms with van der Waals surface area (Å²) < 4.78 is 14.7. The van der Waals surface area contributed by atoms with Crippen molar-refractivity contribution < 1.29 is 65.6 Å². The molecule has 0 unspecified atom stereocenters. The molecule has 20 heteroatoms. The third-order valence-electron chi connectivity index (χ3n) is 5.33. The van der Waals surface area contributed by atoms with E-state index in [1.807, 2.05) is 5.32 Å². The molecule has 3 heterocycles. The number of nitrogens with zero attached hydrogens (tertiary/aromatic N) is 8. The maximum absolute atomic E-state index is 13.3. The summed E-state index contributed by atoms with van der Waals surface area (Å²) in [6, 6.07) is 6.71. The Morgan fingerprint density at radius 3 is 2.23 bits per heavy atom. The maximum atomic E-state index is 13.3. The van der Waals surface area contributed by atoms with E-state index in [0.717, 1.165) is 18.2 Å². The number of fused-ring (bicyclic) bond motifs is 2. The van der Waals surface area contributed by atoms with E-state index >= 15 is 0 Å². The van der Waals surface area contributed by atoms with E-state index in [-0.39, 0.29) is 102 Å². The fourth-order valence-corrected chi connectivity index (χ4v) is 3.52. The summed E-state index contributed by atoms with van der Waals surface area (Å²) in [6.07, 6.45) is 5.69. The summed E-state index contributed by atoms with van der Waals surface area (Å²) in [6.45, 7) is 0. The van der Waals surface area contributed by atoms with Gasteiger partial charge in [-0.1, -0.05) is 0 Å². The average molecular weight is 612 g/mol. The van der Waals surface area contributed by atoms with E-state index < -0.39 is 32.5 Å². The van der Waals surface area contributed by atoms with Crippen LogP contribution in [-0.2, 0) is 0 Å². The molecule has 43 heavy (non-hydrogen) atoms. The molecule has 0 fully saturated rings. The molecular formula is C23H11FKN11O7. The first kappa shape index (κ1) is 32.1. The SMILES string of the molecule is N#CN=c1[n-]c2cc([N+](=O)[O-])c(-n3ccc(=O)cc3)cc2[nH]c1=O.N#CNc1nc2cc([N+](=O)[O-])c(F)cc2[nH]c1=O.[K+]. The molecule has 0 spiro atoms. The molecule has 2 aromatic carbocycles. The number of hydrogen-bond acceptors (Lipinski definition) is 12. The first-order valence-electron chi connectivity index (χ1n) is 11.1. The van der Waals surface area contributed by atoms with E-state index in [1.54, 1.807) is 0 Å². The van der Waals surface area contributed by atoms with Crippen molar-refractivity contribution >= 4 is 39.3 Å². The molecule has 0 aliphatic heterocycles. The summed E-state index contributed by atoms with van der Waals surface area (Å²) in [5, 5.41) is 40.8. The summed E-state index contributed by atoms with van der Waals surface area (Å²) >= 11 is 0. The quantitative estimate of drug-likeness (QED) is 0.0642. The number of aromatic nitrogens is 5. The van der Waals surface area contributed by atoms with Crippen molar-refractivity contribution in [3.05, 3.63) is 111 Å². The van der Waals surface area contributed by atoms with E-state index in [9.17, 15) is 39.0 Å². The number of halogens is 1. The number of aromatic amines is 2. The van der Waals surface area contributed by atoms with Crippen LogP contribution >= 0.6 is 0 Å². The van der Waals surface area contributed by atoms with Crippen molar-refractivity contribution in [1.29, 1.82) is 10.5 Å². The average Bonchev–Trinajstić information content (AvgIpc) is 2.94. The first-order valence-corrected chi connectivity index (χ1v) is 11.1. The number of benzene rings is 2. The molecule has 0 saturated carbocycles. The Bertz CT molecular complexity index is 2240. The molecule has 0 atom stereocenters. The van der Waals surface area contributed by atoms with Crippen molar-refractivity contribution in [1.82, 2.24) is 24.5 Å². The van der Waals surface area contributed by atoms with Gasteiger partial charge in [0.15, 0.2) is 11.6 Å². The largest absolute Gasteiger partial charge is 1.00 e. The van der Waals surface area contributed by atoms with Gasteiger partial charge in [0.25, 0.3) is 11.2 Å². The van der Waals surface area contributed by atoms with Crippen molar-refractivity contribution in [3.63, 3.8) is 0 Å². The molecule has 0 radical (unpaired) electrons. The van der Waals surface area contributed by atoms with E-state index in [0.29, 0.717) is 0 Å². The van der Waals surface area contributed by atoms with Gasteiger partial charge >= 0.3 is 57.1 Å². The minimum absolute atomic E-state index is 0. The van der Waals surface area contributed by atoms with Gasteiger partial charge in [-0.2, -0.15) is 14.9 Å². The van der Waals surface area contributed by atoms with Crippen LogP contribution in [0.5, 0.6) is 0 Å². The third-order valence-corrected chi connectivity index (χ3v) is 5.33. The second-order valence-electron chi connectivity index (χ2n) is 7.89. The standard InChI is InChI=1S/C14H8N6O4.C9H4FN5O3.K/c15-7-16-13-14(22)18-10-5-11(19-3-1-8(21)2-4-19)12(20(23)24)6-9(10)17-13;10-4-1-5-6(2-7(4)15(17)18)13-8(12-3-11)9(16)14-5;/h1-6H,(H2,16,17,18,22);1-2H,(H,12,13)(H,14,16);/q;;+1/p-1. The molecule has 208 valence electrons. The molecule has 3 aromatic heterocycles. The molecule has 5 aromatic rings. The Morgan fingerprint density at radius 1 is 0.977 bits per heavy atom. The monoisotopic (exact) mass is 611 g/mol. The molecule has 0 aliphatic rings. The van der Waals surface area contributed by atoms with Gasteiger partial charge in [0.1, 0.15) is 5.69 Å². The normalized spacial score (nSPS) is 10.5. The molecule has 0 amide bonds. The zero-order chi connectivity index (χ0) is 30.6. The predicted octanol–water partition coefficient (Wildman–Crippen LogP) is -2.21. The fourth-order valence-electron chi connectivity index (χ4n) is 3.52. The van der Waals surface area contributed by atoms with Crippen molar-refractivity contribution in [2.24, 2.45) is 4.99 Å². The topological polar surface area (TPSA) is 273 Å². The van der Waals surface area contributed by atoms with Crippen molar-refractivity contribution in [2.45, 2.75) is 0 Å². The van der Waals surface area contributed by atoms with E-state index in [2.05, 4.69) is 24.9 Å².